The normalized spacial score (nSPS) is 10.5. The maximum absolute atomic E-state index is 11.8. The molecule has 0 saturated heterocycles. The number of nitrogens with zero attached hydrogens (tertiary/aromatic N) is 2. The highest BCUT2D eigenvalue weighted by atomic mass is 79.9. The first-order valence-corrected chi connectivity index (χ1v) is 7.75. The highest BCUT2D eigenvalue weighted by molar-refractivity contribution is 9.11. The average Bonchev–Trinajstić information content (AvgIpc) is 2.39. The van der Waals surface area contributed by atoms with Gasteiger partial charge in [-0.3, -0.25) is 4.79 Å². The van der Waals surface area contributed by atoms with Gasteiger partial charge in [0, 0.05) is 21.2 Å². The monoisotopic (exact) mass is 414 g/mol. The molecular weight excluding hydrogens is 404 g/mol. The summed E-state index contributed by atoms with van der Waals surface area (Å²) in [5.41, 5.74) is 1.05. The van der Waals surface area contributed by atoms with Crippen LogP contribution >= 0.6 is 31.9 Å². The van der Waals surface area contributed by atoms with E-state index in [0.717, 1.165) is 14.5 Å². The molecule has 0 fully saturated rings. The van der Waals surface area contributed by atoms with E-state index in [1.165, 1.54) is 16.9 Å². The fourth-order valence-corrected chi connectivity index (χ4v) is 3.56. The molecule has 0 atom stereocenters. The van der Waals surface area contributed by atoms with Crippen molar-refractivity contribution in [2.75, 3.05) is 6.61 Å². The first kappa shape index (κ1) is 15.9. The van der Waals surface area contributed by atoms with Gasteiger partial charge in [-0.05, 0) is 63.4 Å². The van der Waals surface area contributed by atoms with Gasteiger partial charge in [0.05, 0.1) is 12.3 Å². The van der Waals surface area contributed by atoms with E-state index in [-0.39, 0.29) is 12.3 Å². The quantitative estimate of drug-likeness (QED) is 0.722. The Kier molecular flexibility index (Phi) is 4.95. The summed E-state index contributed by atoms with van der Waals surface area (Å²) in [7, 11) is 0. The van der Waals surface area contributed by atoms with Crippen molar-refractivity contribution in [1.82, 2.24) is 9.78 Å². The molecule has 110 valence electrons. The second-order valence-electron chi connectivity index (χ2n) is 4.27. The molecule has 0 amide bonds. The Morgan fingerprint density at radius 1 is 1.33 bits per heavy atom. The summed E-state index contributed by atoms with van der Waals surface area (Å²) in [5.74, 6) is -0.726. The number of aromatic nitrogens is 2. The molecule has 0 saturated carbocycles. The highest BCUT2D eigenvalue weighted by Crippen LogP contribution is 2.29. The van der Waals surface area contributed by atoms with E-state index in [2.05, 4.69) is 37.0 Å². The number of benzene rings is 1. The van der Waals surface area contributed by atoms with Crippen LogP contribution < -0.4 is 5.43 Å². The van der Waals surface area contributed by atoms with Crippen molar-refractivity contribution >= 4 is 37.8 Å². The van der Waals surface area contributed by atoms with Crippen LogP contribution in [0.3, 0.4) is 0 Å². The lowest BCUT2D eigenvalue weighted by atomic mass is 10.2. The predicted octanol–water partition coefficient (Wildman–Crippen LogP) is 3.24. The largest absolute Gasteiger partial charge is 0.461 e. The molecule has 5 nitrogen and oxygen atoms in total. The number of rotatable bonds is 3. The third-order valence-electron chi connectivity index (χ3n) is 2.67. The summed E-state index contributed by atoms with van der Waals surface area (Å²) in [6, 6.07) is 5.13. The van der Waals surface area contributed by atoms with Crippen LogP contribution in [0.15, 0.2) is 38.1 Å². The predicted molar refractivity (Wildman–Crippen MR) is 85.9 cm³/mol. The maximum Gasteiger partial charge on any atom is 0.362 e. The Bertz CT molecular complexity index is 733. The molecule has 0 radical (unpaired) electrons. The second-order valence-corrected chi connectivity index (χ2v) is 5.98. The van der Waals surface area contributed by atoms with E-state index in [1.54, 1.807) is 6.92 Å². The van der Waals surface area contributed by atoms with Crippen molar-refractivity contribution in [3.8, 4) is 5.69 Å². The van der Waals surface area contributed by atoms with Gasteiger partial charge in [0.2, 0.25) is 11.1 Å². The van der Waals surface area contributed by atoms with Gasteiger partial charge in [-0.2, -0.15) is 5.10 Å². The zero-order chi connectivity index (χ0) is 15.6. The number of hydrogen-bond acceptors (Lipinski definition) is 4. The smallest absolute Gasteiger partial charge is 0.362 e. The van der Waals surface area contributed by atoms with Crippen LogP contribution in [0.4, 0.5) is 0 Å². The SMILES string of the molecule is CCOC(=O)c1nn(-c2c(Br)cc(C)cc2Br)ccc1=O. The van der Waals surface area contributed by atoms with Crippen LogP contribution in [0.2, 0.25) is 0 Å². The van der Waals surface area contributed by atoms with Gasteiger partial charge in [-0.1, -0.05) is 0 Å². The minimum Gasteiger partial charge on any atom is -0.461 e. The topological polar surface area (TPSA) is 61.2 Å². The van der Waals surface area contributed by atoms with Crippen LogP contribution in [-0.2, 0) is 4.74 Å². The van der Waals surface area contributed by atoms with Crippen molar-refractivity contribution in [1.29, 1.82) is 0 Å². The molecule has 2 aromatic rings. The van der Waals surface area contributed by atoms with E-state index in [0.29, 0.717) is 5.69 Å². The molecule has 1 aromatic carbocycles. The number of carbonyl (C=O) groups excluding carboxylic acids is 1. The van der Waals surface area contributed by atoms with E-state index in [4.69, 9.17) is 4.74 Å². The van der Waals surface area contributed by atoms with E-state index in [9.17, 15) is 9.59 Å². The Morgan fingerprint density at radius 2 is 1.95 bits per heavy atom. The molecule has 0 N–H and O–H groups in total. The Labute approximate surface area is 138 Å². The lowest BCUT2D eigenvalue weighted by Gasteiger charge is -2.12. The second kappa shape index (κ2) is 6.53. The van der Waals surface area contributed by atoms with Gasteiger partial charge in [0.15, 0.2) is 0 Å². The molecule has 0 aliphatic heterocycles. The Balaban J connectivity index is 2.59. The number of aryl methyl sites for hydroxylation is 1. The number of ether oxygens (including phenoxy) is 1. The molecular formula is C14H12Br2N2O3. The van der Waals surface area contributed by atoms with Crippen LogP contribution in [0.1, 0.15) is 23.0 Å². The molecule has 0 aliphatic carbocycles. The van der Waals surface area contributed by atoms with Crippen LogP contribution in [0, 0.1) is 6.92 Å². The number of halogens is 2. The van der Waals surface area contributed by atoms with Crippen LogP contribution in [-0.4, -0.2) is 22.4 Å². The van der Waals surface area contributed by atoms with Gasteiger partial charge < -0.3 is 4.74 Å². The fourth-order valence-electron chi connectivity index (χ4n) is 1.78. The summed E-state index contributed by atoms with van der Waals surface area (Å²) in [5, 5.41) is 4.08. The third-order valence-corrected chi connectivity index (χ3v) is 3.88. The summed E-state index contributed by atoms with van der Waals surface area (Å²) in [4.78, 5) is 23.5. The summed E-state index contributed by atoms with van der Waals surface area (Å²) in [6.07, 6.45) is 1.51. The lowest BCUT2D eigenvalue weighted by Crippen LogP contribution is -2.22. The molecule has 2 rings (SSSR count). The molecule has 1 heterocycles. The average molecular weight is 416 g/mol. The van der Waals surface area contributed by atoms with Gasteiger partial charge in [0.25, 0.3) is 0 Å². The third kappa shape index (κ3) is 3.41. The van der Waals surface area contributed by atoms with Crippen molar-refractivity contribution < 1.29 is 9.53 Å². The minimum atomic E-state index is -0.726. The van der Waals surface area contributed by atoms with Crippen molar-refractivity contribution in [3.63, 3.8) is 0 Å². The van der Waals surface area contributed by atoms with E-state index >= 15 is 0 Å². The van der Waals surface area contributed by atoms with E-state index < -0.39 is 11.4 Å². The maximum atomic E-state index is 11.8. The van der Waals surface area contributed by atoms with Gasteiger partial charge in [-0.25, -0.2) is 9.48 Å². The Hall–Kier alpha value is -1.47. The van der Waals surface area contributed by atoms with Gasteiger partial charge in [-0.15, -0.1) is 0 Å². The molecule has 21 heavy (non-hydrogen) atoms. The summed E-state index contributed by atoms with van der Waals surface area (Å²) in [6.45, 7) is 3.82. The van der Waals surface area contributed by atoms with Crippen LogP contribution in [0.5, 0.6) is 0 Å². The Morgan fingerprint density at radius 3 is 2.52 bits per heavy atom. The van der Waals surface area contributed by atoms with E-state index in [1.807, 2.05) is 19.1 Å². The first-order valence-electron chi connectivity index (χ1n) is 6.17. The fraction of sp³-hybridized carbons (Fsp3) is 0.214. The molecule has 0 bridgehead atoms. The first-order chi connectivity index (χ1) is 9.93. The molecule has 7 heteroatoms. The molecule has 0 aliphatic rings. The molecule has 0 unspecified atom stereocenters. The minimum absolute atomic E-state index is 0.187. The number of esters is 1. The zero-order valence-electron chi connectivity index (χ0n) is 11.4. The standard InChI is InChI=1S/C14H12Br2N2O3/c1-3-21-14(20)12-11(19)4-5-18(17-12)13-9(15)6-8(2)7-10(13)16/h4-7H,3H2,1-2H3. The summed E-state index contributed by atoms with van der Waals surface area (Å²) < 4.78 is 7.88. The van der Waals surface area contributed by atoms with Gasteiger partial charge in [0.1, 0.15) is 0 Å². The highest BCUT2D eigenvalue weighted by Gasteiger charge is 2.16. The molecule has 1 aromatic heterocycles. The summed E-state index contributed by atoms with van der Waals surface area (Å²) >= 11 is 6.92. The van der Waals surface area contributed by atoms with Crippen molar-refractivity contribution in [2.24, 2.45) is 0 Å². The van der Waals surface area contributed by atoms with Crippen molar-refractivity contribution in [3.05, 3.63) is 54.8 Å². The number of carbonyl (C=O) groups is 1. The van der Waals surface area contributed by atoms with Gasteiger partial charge >= 0.3 is 5.97 Å². The van der Waals surface area contributed by atoms with Crippen LogP contribution in [0.25, 0.3) is 5.69 Å². The lowest BCUT2D eigenvalue weighted by molar-refractivity contribution is 0.0515. The van der Waals surface area contributed by atoms with Crippen molar-refractivity contribution in [2.45, 2.75) is 13.8 Å². The zero-order valence-corrected chi connectivity index (χ0v) is 14.6. The number of hydrogen-bond donors (Lipinski definition) is 0. The molecule has 0 spiro atoms.